The van der Waals surface area contributed by atoms with Gasteiger partial charge >= 0.3 is 5.97 Å². The van der Waals surface area contributed by atoms with E-state index in [0.717, 1.165) is 16.5 Å². The largest absolute Gasteiger partial charge is 0.480 e. The third-order valence-corrected chi connectivity index (χ3v) is 6.79. The first-order valence-electron chi connectivity index (χ1n) is 12.1. The summed E-state index contributed by atoms with van der Waals surface area (Å²) in [6.07, 6.45) is 3.73. The number of aromatic amines is 1. The molecule has 2 heterocycles. The Balaban J connectivity index is 1.64. The van der Waals surface area contributed by atoms with Crippen LogP contribution < -0.4 is 16.4 Å². The highest BCUT2D eigenvalue weighted by atomic mass is 16.4. The molecular formula is C25H35N5O5. The summed E-state index contributed by atoms with van der Waals surface area (Å²) in [7, 11) is 0. The number of carbonyl (C=O) groups excluding carboxylic acids is 3. The Labute approximate surface area is 204 Å². The number of nitrogens with one attached hydrogen (secondary N) is 3. The van der Waals surface area contributed by atoms with Gasteiger partial charge in [0.15, 0.2) is 0 Å². The van der Waals surface area contributed by atoms with Crippen LogP contribution in [-0.2, 0) is 25.6 Å². The number of amides is 3. The maximum Gasteiger partial charge on any atom is 0.326 e. The Hall–Kier alpha value is -3.40. The lowest BCUT2D eigenvalue weighted by atomic mass is 9.97. The van der Waals surface area contributed by atoms with Crippen LogP contribution in [0.3, 0.4) is 0 Å². The maximum atomic E-state index is 13.1. The number of aliphatic carboxylic acids is 1. The highest BCUT2D eigenvalue weighted by Gasteiger charge is 2.37. The van der Waals surface area contributed by atoms with Crippen molar-refractivity contribution >= 4 is 34.6 Å². The highest BCUT2D eigenvalue weighted by Crippen LogP contribution is 2.20. The number of carboxylic acids is 1. The Morgan fingerprint density at radius 3 is 2.57 bits per heavy atom. The van der Waals surface area contributed by atoms with Gasteiger partial charge in [0.2, 0.25) is 17.7 Å². The SMILES string of the molecule is CCC(C)C(NC(=O)C(N)Cc1c[nH]c2ccccc12)C(=O)NC(C)C(=O)N1CCCC1C(=O)O. The molecule has 35 heavy (non-hydrogen) atoms. The van der Waals surface area contributed by atoms with E-state index < -0.39 is 47.9 Å². The summed E-state index contributed by atoms with van der Waals surface area (Å²) in [6.45, 7) is 5.60. The van der Waals surface area contributed by atoms with E-state index in [4.69, 9.17) is 5.73 Å². The lowest BCUT2D eigenvalue weighted by Crippen LogP contribution is -2.58. The van der Waals surface area contributed by atoms with Crippen molar-refractivity contribution in [1.29, 1.82) is 0 Å². The van der Waals surface area contributed by atoms with E-state index in [2.05, 4.69) is 15.6 Å². The molecule has 1 aliphatic rings. The summed E-state index contributed by atoms with van der Waals surface area (Å²) in [5.74, 6) is -2.67. The molecule has 0 spiro atoms. The van der Waals surface area contributed by atoms with Crippen LogP contribution in [0.4, 0.5) is 0 Å². The molecule has 1 fully saturated rings. The highest BCUT2D eigenvalue weighted by molar-refractivity contribution is 5.94. The first-order valence-corrected chi connectivity index (χ1v) is 12.1. The van der Waals surface area contributed by atoms with Gasteiger partial charge in [-0.05, 0) is 43.7 Å². The van der Waals surface area contributed by atoms with E-state index in [9.17, 15) is 24.3 Å². The summed E-state index contributed by atoms with van der Waals surface area (Å²) in [5.41, 5.74) is 8.05. The molecule has 0 radical (unpaired) electrons. The molecule has 1 aliphatic heterocycles. The Morgan fingerprint density at radius 2 is 1.89 bits per heavy atom. The zero-order chi connectivity index (χ0) is 25.7. The third kappa shape index (κ3) is 6.00. The van der Waals surface area contributed by atoms with Crippen LogP contribution in [0.5, 0.6) is 0 Å². The van der Waals surface area contributed by atoms with Crippen molar-refractivity contribution < 1.29 is 24.3 Å². The van der Waals surface area contributed by atoms with Crippen molar-refractivity contribution in [3.63, 3.8) is 0 Å². The maximum absolute atomic E-state index is 13.1. The van der Waals surface area contributed by atoms with Crippen LogP contribution in [-0.4, -0.2) is 69.4 Å². The van der Waals surface area contributed by atoms with E-state index in [0.29, 0.717) is 32.2 Å². The normalized spacial score (nSPS) is 19.1. The summed E-state index contributed by atoms with van der Waals surface area (Å²) in [4.78, 5) is 54.7. The smallest absolute Gasteiger partial charge is 0.326 e. The van der Waals surface area contributed by atoms with Crippen LogP contribution >= 0.6 is 0 Å². The standard InChI is InChI=1S/C25H35N5O5/c1-4-14(2)21(23(32)28-15(3)24(33)30-11-7-10-20(30)25(34)35)29-22(31)18(26)12-16-13-27-19-9-6-5-8-17(16)19/h5-6,8-9,13-15,18,20-21,27H,4,7,10-12,26H2,1-3H3,(H,28,32)(H,29,31)(H,34,35). The monoisotopic (exact) mass is 485 g/mol. The van der Waals surface area contributed by atoms with Crippen molar-refractivity contribution in [3.8, 4) is 0 Å². The van der Waals surface area contributed by atoms with E-state index in [1.165, 1.54) is 11.8 Å². The molecule has 3 amide bonds. The van der Waals surface area contributed by atoms with Gasteiger partial charge in [0, 0.05) is 23.6 Å². The number of nitrogens with two attached hydrogens (primary N) is 1. The number of carbonyl (C=O) groups is 4. The molecule has 1 aromatic heterocycles. The first-order chi connectivity index (χ1) is 16.6. The lowest BCUT2D eigenvalue weighted by molar-refractivity contribution is -0.149. The molecule has 1 aromatic carbocycles. The second-order valence-electron chi connectivity index (χ2n) is 9.30. The van der Waals surface area contributed by atoms with Gasteiger partial charge in [-0.3, -0.25) is 14.4 Å². The summed E-state index contributed by atoms with van der Waals surface area (Å²) in [5, 5.41) is 15.8. The molecule has 0 saturated carbocycles. The van der Waals surface area contributed by atoms with Gasteiger partial charge in [-0.15, -0.1) is 0 Å². The van der Waals surface area contributed by atoms with E-state index in [1.807, 2.05) is 44.3 Å². The molecule has 190 valence electrons. The quantitative estimate of drug-likeness (QED) is 0.340. The fourth-order valence-electron chi connectivity index (χ4n) is 4.49. The molecule has 10 nitrogen and oxygen atoms in total. The minimum Gasteiger partial charge on any atom is -0.480 e. The van der Waals surface area contributed by atoms with E-state index in [1.54, 1.807) is 0 Å². The van der Waals surface area contributed by atoms with Crippen molar-refractivity contribution in [2.45, 2.75) is 70.6 Å². The van der Waals surface area contributed by atoms with Crippen molar-refractivity contribution in [1.82, 2.24) is 20.5 Å². The van der Waals surface area contributed by atoms with Crippen molar-refractivity contribution in [2.75, 3.05) is 6.54 Å². The van der Waals surface area contributed by atoms with Crippen LogP contribution in [0, 0.1) is 5.92 Å². The molecule has 0 aliphatic carbocycles. The minimum atomic E-state index is -1.05. The zero-order valence-corrected chi connectivity index (χ0v) is 20.4. The van der Waals surface area contributed by atoms with Gasteiger partial charge < -0.3 is 31.4 Å². The molecule has 2 aromatic rings. The molecule has 3 rings (SSSR count). The number of carboxylic acid groups (broad SMARTS) is 1. The van der Waals surface area contributed by atoms with Gasteiger partial charge in [0.05, 0.1) is 6.04 Å². The van der Waals surface area contributed by atoms with Crippen LogP contribution in [0.25, 0.3) is 10.9 Å². The third-order valence-electron chi connectivity index (χ3n) is 6.79. The minimum absolute atomic E-state index is 0.208. The predicted molar refractivity (Wildman–Crippen MR) is 131 cm³/mol. The Bertz CT molecular complexity index is 1080. The first kappa shape index (κ1) is 26.2. The van der Waals surface area contributed by atoms with E-state index >= 15 is 0 Å². The van der Waals surface area contributed by atoms with Crippen LogP contribution in [0.2, 0.25) is 0 Å². The van der Waals surface area contributed by atoms with Crippen LogP contribution in [0.15, 0.2) is 30.5 Å². The number of fused-ring (bicyclic) bond motifs is 1. The average molecular weight is 486 g/mol. The Morgan fingerprint density at radius 1 is 1.17 bits per heavy atom. The van der Waals surface area contributed by atoms with Gasteiger partial charge in [-0.25, -0.2) is 4.79 Å². The predicted octanol–water partition coefficient (Wildman–Crippen LogP) is 1.15. The molecule has 6 N–H and O–H groups in total. The number of likely N-dealkylation sites (tertiary alicyclic amines) is 1. The second kappa shape index (κ2) is 11.4. The number of nitrogens with zero attached hydrogens (tertiary/aromatic N) is 1. The van der Waals surface area contributed by atoms with Crippen LogP contribution in [0.1, 0.15) is 45.6 Å². The van der Waals surface area contributed by atoms with Gasteiger partial charge in [0.1, 0.15) is 18.1 Å². The molecule has 0 bridgehead atoms. The van der Waals surface area contributed by atoms with Gasteiger partial charge in [-0.2, -0.15) is 0 Å². The number of H-pyrrole nitrogens is 1. The fourth-order valence-corrected chi connectivity index (χ4v) is 4.49. The van der Waals surface area contributed by atoms with Gasteiger partial charge in [-0.1, -0.05) is 38.5 Å². The summed E-state index contributed by atoms with van der Waals surface area (Å²) in [6, 6.07) is 4.17. The lowest BCUT2D eigenvalue weighted by Gasteiger charge is -2.29. The second-order valence-corrected chi connectivity index (χ2v) is 9.30. The summed E-state index contributed by atoms with van der Waals surface area (Å²) >= 11 is 0. The molecule has 5 unspecified atom stereocenters. The number of hydrogen-bond acceptors (Lipinski definition) is 5. The van der Waals surface area contributed by atoms with Crippen molar-refractivity contribution in [3.05, 3.63) is 36.0 Å². The molecular weight excluding hydrogens is 450 g/mol. The van der Waals surface area contributed by atoms with Gasteiger partial charge in [0.25, 0.3) is 0 Å². The zero-order valence-electron chi connectivity index (χ0n) is 20.4. The Kier molecular flexibility index (Phi) is 8.50. The number of rotatable bonds is 10. The molecule has 1 saturated heterocycles. The average Bonchev–Trinajstić information content (AvgIpc) is 3.49. The summed E-state index contributed by atoms with van der Waals surface area (Å²) < 4.78 is 0. The molecule has 10 heteroatoms. The number of benzene rings is 1. The molecule has 5 atom stereocenters. The topological polar surface area (TPSA) is 158 Å². The number of aromatic nitrogens is 1. The van der Waals surface area contributed by atoms with E-state index in [-0.39, 0.29) is 5.92 Å². The fraction of sp³-hybridized carbons (Fsp3) is 0.520. The number of para-hydroxylation sites is 1. The number of hydrogen-bond donors (Lipinski definition) is 5. The van der Waals surface area contributed by atoms with Crippen molar-refractivity contribution in [2.24, 2.45) is 11.7 Å².